The maximum absolute atomic E-state index is 14.8. The smallest absolute Gasteiger partial charge is 0.276 e. The summed E-state index contributed by atoms with van der Waals surface area (Å²) in [6.07, 6.45) is 1.71. The SMILES string of the molecule is Cc1ccnc(C(C)C)c1-n1c(=O)c(C#N)c(N2CCNCC2)c2cc(Cl)c(-c3ccccc3F)nc21. The van der Waals surface area contributed by atoms with E-state index in [1.807, 2.05) is 31.7 Å². The van der Waals surface area contributed by atoms with Crippen LogP contribution in [-0.4, -0.2) is 40.7 Å². The van der Waals surface area contributed by atoms with Gasteiger partial charge in [-0.25, -0.2) is 9.37 Å². The van der Waals surface area contributed by atoms with Crippen LogP contribution in [0, 0.1) is 24.1 Å². The van der Waals surface area contributed by atoms with Gasteiger partial charge in [-0.1, -0.05) is 37.6 Å². The first kappa shape index (κ1) is 24.9. The van der Waals surface area contributed by atoms with Gasteiger partial charge in [-0.3, -0.25) is 14.3 Å². The van der Waals surface area contributed by atoms with Crippen molar-refractivity contribution in [3.05, 3.63) is 80.6 Å². The summed E-state index contributed by atoms with van der Waals surface area (Å²) in [6, 6.07) is 11.9. The van der Waals surface area contributed by atoms with E-state index in [0.717, 1.165) is 5.56 Å². The van der Waals surface area contributed by atoms with E-state index in [0.29, 0.717) is 54.3 Å². The van der Waals surface area contributed by atoms with E-state index in [1.165, 1.54) is 10.6 Å². The summed E-state index contributed by atoms with van der Waals surface area (Å²) in [6.45, 7) is 8.53. The lowest BCUT2D eigenvalue weighted by atomic mass is 10.0. The number of aromatic nitrogens is 3. The molecule has 0 unspecified atom stereocenters. The summed E-state index contributed by atoms with van der Waals surface area (Å²) in [5.74, 6) is -0.477. The van der Waals surface area contributed by atoms with Crippen molar-refractivity contribution in [1.82, 2.24) is 19.9 Å². The lowest BCUT2D eigenvalue weighted by molar-refractivity contribution is 0.589. The normalized spacial score (nSPS) is 13.8. The fourth-order valence-corrected chi connectivity index (χ4v) is 5.17. The lowest BCUT2D eigenvalue weighted by Gasteiger charge is -2.31. The minimum Gasteiger partial charge on any atom is -0.367 e. The Labute approximate surface area is 219 Å². The van der Waals surface area contributed by atoms with Gasteiger partial charge in [0.05, 0.1) is 27.8 Å². The highest BCUT2D eigenvalue weighted by Gasteiger charge is 2.28. The number of hydrogen-bond donors (Lipinski definition) is 1. The molecule has 1 N–H and O–H groups in total. The van der Waals surface area contributed by atoms with Crippen molar-refractivity contribution in [2.24, 2.45) is 0 Å². The minimum absolute atomic E-state index is 0.00595. The summed E-state index contributed by atoms with van der Waals surface area (Å²) < 4.78 is 16.3. The van der Waals surface area contributed by atoms with Crippen molar-refractivity contribution < 1.29 is 4.39 Å². The molecule has 4 heterocycles. The third-order valence-corrected chi connectivity index (χ3v) is 6.96. The number of pyridine rings is 3. The maximum Gasteiger partial charge on any atom is 0.276 e. The van der Waals surface area contributed by atoms with Crippen molar-refractivity contribution >= 4 is 28.3 Å². The molecule has 0 aliphatic carbocycles. The van der Waals surface area contributed by atoms with Gasteiger partial charge in [-0.2, -0.15) is 5.26 Å². The van der Waals surface area contributed by atoms with Gasteiger partial charge in [0.1, 0.15) is 23.1 Å². The number of nitrogens with zero attached hydrogens (tertiary/aromatic N) is 5. The Balaban J connectivity index is 1.98. The molecule has 9 heteroatoms. The summed E-state index contributed by atoms with van der Waals surface area (Å²) in [5, 5.41) is 14.3. The largest absolute Gasteiger partial charge is 0.367 e. The van der Waals surface area contributed by atoms with Crippen LogP contribution >= 0.6 is 11.6 Å². The van der Waals surface area contributed by atoms with Crippen LogP contribution in [0.15, 0.2) is 47.4 Å². The monoisotopic (exact) mass is 516 g/mol. The Morgan fingerprint density at radius 1 is 1.16 bits per heavy atom. The Bertz CT molecular complexity index is 1620. The fraction of sp³-hybridized carbons (Fsp3) is 0.286. The third-order valence-electron chi connectivity index (χ3n) is 6.68. The predicted octanol–water partition coefficient (Wildman–Crippen LogP) is 4.95. The first-order valence-corrected chi connectivity index (χ1v) is 12.6. The van der Waals surface area contributed by atoms with E-state index in [-0.39, 0.29) is 27.8 Å². The zero-order chi connectivity index (χ0) is 26.3. The van der Waals surface area contributed by atoms with Gasteiger partial charge in [-0.05, 0) is 42.7 Å². The molecule has 7 nitrogen and oxygen atoms in total. The topological polar surface area (TPSA) is 86.8 Å². The molecule has 0 bridgehead atoms. The maximum atomic E-state index is 14.8. The minimum atomic E-state index is -0.490. The molecule has 1 aromatic carbocycles. The number of aryl methyl sites for hydroxylation is 1. The van der Waals surface area contributed by atoms with Crippen LogP contribution in [0.5, 0.6) is 0 Å². The number of fused-ring (bicyclic) bond motifs is 1. The first-order valence-electron chi connectivity index (χ1n) is 12.2. The number of anilines is 1. The zero-order valence-electron chi connectivity index (χ0n) is 20.8. The van der Waals surface area contributed by atoms with Crippen LogP contribution in [0.2, 0.25) is 5.02 Å². The quantitative estimate of drug-likeness (QED) is 0.413. The highest BCUT2D eigenvalue weighted by molar-refractivity contribution is 6.34. The number of rotatable bonds is 4. The van der Waals surface area contributed by atoms with Crippen LogP contribution in [0.4, 0.5) is 10.1 Å². The molecule has 37 heavy (non-hydrogen) atoms. The molecule has 1 aliphatic heterocycles. The molecule has 4 aromatic rings. The van der Waals surface area contributed by atoms with Crippen LogP contribution in [0.3, 0.4) is 0 Å². The van der Waals surface area contributed by atoms with Gasteiger partial charge < -0.3 is 10.2 Å². The molecular weight excluding hydrogens is 491 g/mol. The number of halogens is 2. The molecule has 0 amide bonds. The Kier molecular flexibility index (Phi) is 6.67. The van der Waals surface area contributed by atoms with E-state index >= 15 is 0 Å². The van der Waals surface area contributed by atoms with Gasteiger partial charge in [0.2, 0.25) is 0 Å². The molecule has 5 rings (SSSR count). The molecule has 0 atom stereocenters. The van der Waals surface area contributed by atoms with Gasteiger partial charge in [0.25, 0.3) is 5.56 Å². The molecule has 1 aliphatic rings. The second kappa shape index (κ2) is 9.92. The number of nitrogens with one attached hydrogen (secondary N) is 1. The van der Waals surface area contributed by atoms with E-state index in [4.69, 9.17) is 16.6 Å². The number of nitriles is 1. The summed E-state index contributed by atoms with van der Waals surface area (Å²) >= 11 is 6.72. The van der Waals surface area contributed by atoms with Gasteiger partial charge >= 0.3 is 0 Å². The molecule has 0 spiro atoms. The summed E-state index contributed by atoms with van der Waals surface area (Å²) in [7, 11) is 0. The van der Waals surface area contributed by atoms with Crippen LogP contribution < -0.4 is 15.8 Å². The lowest BCUT2D eigenvalue weighted by Crippen LogP contribution is -2.44. The highest BCUT2D eigenvalue weighted by Crippen LogP contribution is 2.37. The molecular formula is C28H26ClFN6O. The predicted molar refractivity (Wildman–Crippen MR) is 144 cm³/mol. The van der Waals surface area contributed by atoms with E-state index in [9.17, 15) is 14.4 Å². The fourth-order valence-electron chi connectivity index (χ4n) is 4.92. The van der Waals surface area contributed by atoms with Crippen LogP contribution in [-0.2, 0) is 0 Å². The van der Waals surface area contributed by atoms with Crippen molar-refractivity contribution in [3.63, 3.8) is 0 Å². The van der Waals surface area contributed by atoms with Crippen molar-refractivity contribution in [1.29, 1.82) is 5.26 Å². The van der Waals surface area contributed by atoms with Gasteiger partial charge in [-0.15, -0.1) is 0 Å². The number of piperazine rings is 1. The molecule has 1 saturated heterocycles. The summed E-state index contributed by atoms with van der Waals surface area (Å²) in [4.78, 5) is 25.5. The van der Waals surface area contributed by atoms with Gasteiger partial charge in [0.15, 0.2) is 0 Å². The molecule has 3 aromatic heterocycles. The van der Waals surface area contributed by atoms with Crippen LogP contribution in [0.1, 0.15) is 36.6 Å². The molecule has 1 fully saturated rings. The van der Waals surface area contributed by atoms with E-state index in [2.05, 4.69) is 16.4 Å². The third kappa shape index (κ3) is 4.24. The second-order valence-electron chi connectivity index (χ2n) is 9.40. The van der Waals surface area contributed by atoms with Gasteiger partial charge in [0, 0.05) is 43.3 Å². The molecule has 188 valence electrons. The van der Waals surface area contributed by atoms with Crippen LogP contribution in [0.25, 0.3) is 28.0 Å². The first-order chi connectivity index (χ1) is 17.8. The average molecular weight is 517 g/mol. The van der Waals surface area contributed by atoms with E-state index in [1.54, 1.807) is 30.5 Å². The van der Waals surface area contributed by atoms with Crippen molar-refractivity contribution in [2.75, 3.05) is 31.1 Å². The Morgan fingerprint density at radius 3 is 2.57 bits per heavy atom. The summed E-state index contributed by atoms with van der Waals surface area (Å²) in [5.41, 5.74) is 2.87. The standard InChI is InChI=1S/C28H26ClFN6O/c1-16(2)23-25(17(3)8-9-33-23)36-27-19(14-21(29)24(34-27)18-6-4-5-7-22(18)30)26(20(15-31)28(36)37)35-12-10-32-11-13-35/h4-9,14,16,32H,10-13H2,1-3H3. The molecule has 0 saturated carbocycles. The van der Waals surface area contributed by atoms with E-state index < -0.39 is 11.4 Å². The molecule has 0 radical (unpaired) electrons. The van der Waals surface area contributed by atoms with Crippen molar-refractivity contribution in [2.45, 2.75) is 26.7 Å². The second-order valence-corrected chi connectivity index (χ2v) is 9.81. The average Bonchev–Trinajstić information content (AvgIpc) is 2.89. The van der Waals surface area contributed by atoms with Crippen molar-refractivity contribution in [3.8, 4) is 23.0 Å². The zero-order valence-corrected chi connectivity index (χ0v) is 21.6. The Morgan fingerprint density at radius 2 is 1.89 bits per heavy atom. The highest BCUT2D eigenvalue weighted by atomic mass is 35.5. The number of hydrogen-bond acceptors (Lipinski definition) is 6. The number of benzene rings is 1. The Hall–Kier alpha value is -3.80.